The van der Waals surface area contributed by atoms with Crippen LogP contribution in [0.5, 0.6) is 0 Å². The van der Waals surface area contributed by atoms with E-state index < -0.39 is 0 Å². The van der Waals surface area contributed by atoms with E-state index in [0.717, 1.165) is 31.5 Å². The second-order valence-electron chi connectivity index (χ2n) is 6.65. The van der Waals surface area contributed by atoms with Crippen molar-refractivity contribution in [2.24, 2.45) is 11.8 Å². The van der Waals surface area contributed by atoms with Crippen LogP contribution in [0.3, 0.4) is 0 Å². The molecule has 3 rings (SSSR count). The Balaban J connectivity index is 1.59. The Hall–Kier alpha value is -1.06. The lowest BCUT2D eigenvalue weighted by Crippen LogP contribution is -2.22. The van der Waals surface area contributed by atoms with E-state index in [1.807, 2.05) is 0 Å². The summed E-state index contributed by atoms with van der Waals surface area (Å²) in [5, 5.41) is 3.41. The first-order valence-electron chi connectivity index (χ1n) is 8.32. The molecule has 1 heterocycles. The number of hydrogen-bond acceptors (Lipinski definition) is 3. The van der Waals surface area contributed by atoms with Gasteiger partial charge in [0.25, 0.3) is 0 Å². The molecule has 0 amide bonds. The number of fused-ring (bicyclic) bond motifs is 1. The van der Waals surface area contributed by atoms with E-state index in [-0.39, 0.29) is 0 Å². The fourth-order valence-corrected chi connectivity index (χ4v) is 4.02. The van der Waals surface area contributed by atoms with Crippen LogP contribution in [0.15, 0.2) is 18.2 Å². The molecule has 2 aliphatic rings. The average molecular weight is 288 g/mol. The summed E-state index contributed by atoms with van der Waals surface area (Å²) in [5.41, 5.74) is 4.23. The minimum atomic E-state index is 0.771. The number of aryl methyl sites for hydroxylation is 1. The lowest BCUT2D eigenvalue weighted by Gasteiger charge is -2.22. The molecule has 0 spiro atoms. The summed E-state index contributed by atoms with van der Waals surface area (Å²) in [5.74, 6) is 1.92. The third kappa shape index (κ3) is 3.41. The maximum absolute atomic E-state index is 5.06. The van der Waals surface area contributed by atoms with Crippen LogP contribution in [0, 0.1) is 18.8 Å². The van der Waals surface area contributed by atoms with Gasteiger partial charge in [0.1, 0.15) is 0 Å². The second kappa shape index (κ2) is 6.80. The predicted molar refractivity (Wildman–Crippen MR) is 87.8 cm³/mol. The first kappa shape index (κ1) is 14.9. The van der Waals surface area contributed by atoms with Crippen molar-refractivity contribution in [2.45, 2.75) is 32.7 Å². The highest BCUT2D eigenvalue weighted by atomic mass is 16.5. The van der Waals surface area contributed by atoms with Crippen LogP contribution in [0.1, 0.15) is 30.4 Å². The van der Waals surface area contributed by atoms with Crippen molar-refractivity contribution < 1.29 is 4.74 Å². The zero-order chi connectivity index (χ0) is 14.7. The SMILES string of the molecule is COCCNCc1ccc(N2CC3CCCC3C2)c(C)c1. The largest absolute Gasteiger partial charge is 0.383 e. The molecule has 2 atom stereocenters. The summed E-state index contributed by atoms with van der Waals surface area (Å²) in [6.07, 6.45) is 4.34. The zero-order valence-electron chi connectivity index (χ0n) is 13.4. The van der Waals surface area contributed by atoms with Crippen LogP contribution in [-0.4, -0.2) is 33.4 Å². The van der Waals surface area contributed by atoms with Gasteiger partial charge in [-0.15, -0.1) is 0 Å². The lowest BCUT2D eigenvalue weighted by molar-refractivity contribution is 0.199. The Morgan fingerprint density at radius 1 is 1.24 bits per heavy atom. The summed E-state index contributed by atoms with van der Waals surface area (Å²) in [4.78, 5) is 2.62. The van der Waals surface area contributed by atoms with Crippen LogP contribution in [-0.2, 0) is 11.3 Å². The van der Waals surface area contributed by atoms with E-state index >= 15 is 0 Å². The first-order valence-corrected chi connectivity index (χ1v) is 8.32. The molecule has 2 unspecified atom stereocenters. The quantitative estimate of drug-likeness (QED) is 0.815. The Morgan fingerprint density at radius 2 is 2.00 bits per heavy atom. The highest BCUT2D eigenvalue weighted by Gasteiger charge is 2.36. The van der Waals surface area contributed by atoms with E-state index in [4.69, 9.17) is 4.74 Å². The molecule has 21 heavy (non-hydrogen) atoms. The third-order valence-electron chi connectivity index (χ3n) is 5.14. The molecular formula is C18H28N2O. The van der Waals surface area contributed by atoms with Gasteiger partial charge in [-0.3, -0.25) is 0 Å². The van der Waals surface area contributed by atoms with Crippen molar-refractivity contribution >= 4 is 5.69 Å². The minimum Gasteiger partial charge on any atom is -0.383 e. The highest BCUT2D eigenvalue weighted by Crippen LogP contribution is 2.40. The molecule has 3 nitrogen and oxygen atoms in total. The van der Waals surface area contributed by atoms with E-state index in [1.54, 1.807) is 7.11 Å². The fourth-order valence-electron chi connectivity index (χ4n) is 4.02. The monoisotopic (exact) mass is 288 g/mol. The van der Waals surface area contributed by atoms with Crippen LogP contribution in [0.25, 0.3) is 0 Å². The van der Waals surface area contributed by atoms with Crippen molar-refractivity contribution in [1.29, 1.82) is 0 Å². The maximum Gasteiger partial charge on any atom is 0.0587 e. The van der Waals surface area contributed by atoms with Crippen molar-refractivity contribution in [3.8, 4) is 0 Å². The molecule has 116 valence electrons. The van der Waals surface area contributed by atoms with Gasteiger partial charge in [0.15, 0.2) is 0 Å². The number of methoxy groups -OCH3 is 1. The standard InChI is InChI=1S/C18H28N2O/c1-14-10-15(11-19-8-9-21-2)6-7-18(14)20-12-16-4-3-5-17(16)13-20/h6-7,10,16-17,19H,3-5,8-9,11-13H2,1-2H3. The number of ether oxygens (including phenoxy) is 1. The second-order valence-corrected chi connectivity index (χ2v) is 6.65. The average Bonchev–Trinajstić information content (AvgIpc) is 3.05. The summed E-state index contributed by atoms with van der Waals surface area (Å²) in [7, 11) is 1.74. The van der Waals surface area contributed by atoms with E-state index in [1.165, 1.54) is 49.2 Å². The molecule has 0 aromatic heterocycles. The number of anilines is 1. The van der Waals surface area contributed by atoms with Crippen LogP contribution >= 0.6 is 0 Å². The molecule has 2 fully saturated rings. The topological polar surface area (TPSA) is 24.5 Å². The van der Waals surface area contributed by atoms with Gasteiger partial charge in [-0.1, -0.05) is 18.6 Å². The van der Waals surface area contributed by atoms with E-state index in [0.29, 0.717) is 0 Å². The van der Waals surface area contributed by atoms with Crippen LogP contribution in [0.2, 0.25) is 0 Å². The van der Waals surface area contributed by atoms with Crippen LogP contribution in [0.4, 0.5) is 5.69 Å². The van der Waals surface area contributed by atoms with Crippen LogP contribution < -0.4 is 10.2 Å². The molecule has 3 heteroatoms. The number of benzene rings is 1. The first-order chi connectivity index (χ1) is 10.3. The number of rotatable bonds is 6. The Morgan fingerprint density at radius 3 is 2.67 bits per heavy atom. The number of hydrogen-bond donors (Lipinski definition) is 1. The highest BCUT2D eigenvalue weighted by molar-refractivity contribution is 5.55. The Labute approximate surface area is 128 Å². The molecule has 0 bridgehead atoms. The van der Waals surface area contributed by atoms with E-state index in [9.17, 15) is 0 Å². The van der Waals surface area contributed by atoms with Gasteiger partial charge in [-0.05, 0) is 48.8 Å². The summed E-state index contributed by atoms with van der Waals surface area (Å²) in [6.45, 7) is 7.41. The van der Waals surface area contributed by atoms with Crippen molar-refractivity contribution in [3.63, 3.8) is 0 Å². The van der Waals surface area contributed by atoms with E-state index in [2.05, 4.69) is 35.3 Å². The molecule has 1 N–H and O–H groups in total. The molecule has 1 aromatic carbocycles. The smallest absolute Gasteiger partial charge is 0.0587 e. The van der Waals surface area contributed by atoms with Crippen molar-refractivity contribution in [3.05, 3.63) is 29.3 Å². The maximum atomic E-state index is 5.06. The molecule has 1 saturated carbocycles. The molecule has 0 radical (unpaired) electrons. The normalized spacial score (nSPS) is 24.6. The summed E-state index contributed by atoms with van der Waals surface area (Å²) >= 11 is 0. The lowest BCUT2D eigenvalue weighted by atomic mass is 10.0. The van der Waals surface area contributed by atoms with Gasteiger partial charge in [-0.25, -0.2) is 0 Å². The van der Waals surface area contributed by atoms with Gasteiger partial charge < -0.3 is 15.0 Å². The summed E-state index contributed by atoms with van der Waals surface area (Å²) in [6, 6.07) is 6.93. The predicted octanol–water partition coefficient (Wildman–Crippen LogP) is 2.97. The molecular weight excluding hydrogens is 260 g/mol. The summed E-state index contributed by atoms with van der Waals surface area (Å²) < 4.78 is 5.06. The Kier molecular flexibility index (Phi) is 4.81. The fraction of sp³-hybridized carbons (Fsp3) is 0.667. The van der Waals surface area contributed by atoms with Gasteiger partial charge >= 0.3 is 0 Å². The van der Waals surface area contributed by atoms with Gasteiger partial charge in [0.2, 0.25) is 0 Å². The van der Waals surface area contributed by atoms with Gasteiger partial charge in [0, 0.05) is 39.0 Å². The molecule has 1 aliphatic carbocycles. The molecule has 1 saturated heterocycles. The van der Waals surface area contributed by atoms with Gasteiger partial charge in [-0.2, -0.15) is 0 Å². The third-order valence-corrected chi connectivity index (χ3v) is 5.14. The van der Waals surface area contributed by atoms with Gasteiger partial charge in [0.05, 0.1) is 6.61 Å². The number of nitrogens with zero attached hydrogens (tertiary/aromatic N) is 1. The minimum absolute atomic E-state index is 0.771. The molecule has 1 aromatic rings. The van der Waals surface area contributed by atoms with Crippen molar-refractivity contribution in [2.75, 3.05) is 38.3 Å². The number of nitrogens with one attached hydrogen (secondary N) is 1. The Bertz CT molecular complexity index is 462. The van der Waals surface area contributed by atoms with Crippen molar-refractivity contribution in [1.82, 2.24) is 5.32 Å². The zero-order valence-corrected chi connectivity index (χ0v) is 13.4. The molecule has 1 aliphatic heterocycles.